The van der Waals surface area contributed by atoms with E-state index in [2.05, 4.69) is 10.3 Å². The number of aromatic nitrogens is 1. The van der Waals surface area contributed by atoms with Crippen molar-refractivity contribution in [3.63, 3.8) is 0 Å². The molecule has 9 nitrogen and oxygen atoms in total. The zero-order valence-corrected chi connectivity index (χ0v) is 15.8. The van der Waals surface area contributed by atoms with Gasteiger partial charge in [0.25, 0.3) is 11.6 Å². The molecule has 0 saturated carbocycles. The maximum absolute atomic E-state index is 12.6. The third-order valence-electron chi connectivity index (χ3n) is 4.74. The zero-order chi connectivity index (χ0) is 20.1. The van der Waals surface area contributed by atoms with Gasteiger partial charge in [0, 0.05) is 49.7 Å². The molecule has 0 atom stereocenters. The van der Waals surface area contributed by atoms with Crippen LogP contribution in [0.2, 0.25) is 0 Å². The van der Waals surface area contributed by atoms with Gasteiger partial charge in [0.05, 0.1) is 4.92 Å². The number of carbonyl (C=O) groups excluding carboxylic acids is 1. The molecule has 10 heteroatoms. The van der Waals surface area contributed by atoms with Crippen LogP contribution >= 0.6 is 0 Å². The molecule has 0 aliphatic carbocycles. The number of benzene rings is 1. The summed E-state index contributed by atoms with van der Waals surface area (Å²) in [5.74, 6) is -0.136. The Morgan fingerprint density at radius 3 is 2.46 bits per heavy atom. The lowest BCUT2D eigenvalue weighted by molar-refractivity contribution is -0.384. The zero-order valence-electron chi connectivity index (χ0n) is 15.0. The standard InChI is InChI=1S/C18H20N4O5S/c23-18(15-3-5-16(6-4-15)22(24)25)20-12-14-7-10-21(11-8-14)28(26,27)17-2-1-9-19-13-17/h1-6,9,13-14H,7-8,10-12H2,(H,20,23). The normalized spacial score (nSPS) is 15.9. The molecule has 1 aliphatic rings. The summed E-state index contributed by atoms with van der Waals surface area (Å²) in [4.78, 5) is 26.4. The molecule has 0 bridgehead atoms. The second kappa shape index (κ2) is 8.44. The van der Waals surface area contributed by atoms with Gasteiger partial charge in [0.1, 0.15) is 4.90 Å². The number of non-ortho nitro benzene ring substituents is 1. The van der Waals surface area contributed by atoms with Crippen LogP contribution < -0.4 is 5.32 Å². The summed E-state index contributed by atoms with van der Waals surface area (Å²) in [5.41, 5.74) is 0.279. The minimum Gasteiger partial charge on any atom is -0.352 e. The Balaban J connectivity index is 1.50. The molecule has 1 N–H and O–H groups in total. The van der Waals surface area contributed by atoms with E-state index in [1.165, 1.54) is 47.0 Å². The molecule has 1 aromatic heterocycles. The van der Waals surface area contributed by atoms with E-state index >= 15 is 0 Å². The van der Waals surface area contributed by atoms with Crippen molar-refractivity contribution in [3.05, 3.63) is 64.5 Å². The first-order valence-electron chi connectivity index (χ1n) is 8.81. The second-order valence-electron chi connectivity index (χ2n) is 6.55. The van der Waals surface area contributed by atoms with Crippen molar-refractivity contribution in [3.8, 4) is 0 Å². The van der Waals surface area contributed by atoms with Crippen molar-refractivity contribution in [2.45, 2.75) is 17.7 Å². The van der Waals surface area contributed by atoms with Gasteiger partial charge in [-0.15, -0.1) is 0 Å². The first-order chi connectivity index (χ1) is 13.4. The van der Waals surface area contributed by atoms with Gasteiger partial charge in [-0.2, -0.15) is 4.31 Å². The van der Waals surface area contributed by atoms with Crippen molar-refractivity contribution in [1.29, 1.82) is 0 Å². The summed E-state index contributed by atoms with van der Waals surface area (Å²) >= 11 is 0. The molecule has 0 unspecified atom stereocenters. The Labute approximate surface area is 162 Å². The highest BCUT2D eigenvalue weighted by atomic mass is 32.2. The van der Waals surface area contributed by atoms with E-state index in [9.17, 15) is 23.3 Å². The fourth-order valence-electron chi connectivity index (χ4n) is 3.08. The van der Waals surface area contributed by atoms with Crippen LogP contribution in [-0.2, 0) is 10.0 Å². The molecule has 0 spiro atoms. The molecule has 0 radical (unpaired) electrons. The van der Waals surface area contributed by atoms with Gasteiger partial charge in [-0.05, 0) is 43.0 Å². The number of nitro benzene ring substituents is 1. The number of nitrogens with one attached hydrogen (secondary N) is 1. The first kappa shape index (κ1) is 19.9. The number of carbonyl (C=O) groups is 1. The van der Waals surface area contributed by atoms with Crippen molar-refractivity contribution in [1.82, 2.24) is 14.6 Å². The van der Waals surface area contributed by atoms with Crippen molar-refractivity contribution < 1.29 is 18.1 Å². The van der Waals surface area contributed by atoms with Gasteiger partial charge < -0.3 is 5.32 Å². The van der Waals surface area contributed by atoms with E-state index in [0.717, 1.165) is 0 Å². The molecule has 148 valence electrons. The highest BCUT2D eigenvalue weighted by Gasteiger charge is 2.29. The number of sulfonamides is 1. The average Bonchev–Trinajstić information content (AvgIpc) is 2.73. The van der Waals surface area contributed by atoms with E-state index in [0.29, 0.717) is 38.0 Å². The van der Waals surface area contributed by atoms with Gasteiger partial charge >= 0.3 is 0 Å². The lowest BCUT2D eigenvalue weighted by Crippen LogP contribution is -2.41. The van der Waals surface area contributed by atoms with E-state index < -0.39 is 14.9 Å². The van der Waals surface area contributed by atoms with E-state index in [1.807, 2.05) is 0 Å². The predicted molar refractivity (Wildman–Crippen MR) is 101 cm³/mol. The average molecular weight is 404 g/mol. The Bertz CT molecular complexity index is 940. The van der Waals surface area contributed by atoms with E-state index in [1.54, 1.807) is 6.07 Å². The fraction of sp³-hybridized carbons (Fsp3) is 0.333. The van der Waals surface area contributed by atoms with Crippen LogP contribution in [0.3, 0.4) is 0 Å². The van der Waals surface area contributed by atoms with Crippen molar-refractivity contribution in [2.75, 3.05) is 19.6 Å². The molecule has 2 aromatic rings. The third-order valence-corrected chi connectivity index (χ3v) is 6.62. The highest BCUT2D eigenvalue weighted by molar-refractivity contribution is 7.89. The molecular weight excluding hydrogens is 384 g/mol. The number of nitrogens with zero attached hydrogens (tertiary/aromatic N) is 3. The number of pyridine rings is 1. The quantitative estimate of drug-likeness (QED) is 0.579. The number of amides is 1. The van der Waals surface area contributed by atoms with Crippen molar-refractivity contribution >= 4 is 21.6 Å². The maximum atomic E-state index is 12.6. The fourth-order valence-corrected chi connectivity index (χ4v) is 4.51. The summed E-state index contributed by atoms with van der Waals surface area (Å²) in [7, 11) is -3.54. The summed E-state index contributed by atoms with van der Waals surface area (Å²) in [6, 6.07) is 8.52. The molecular formula is C18H20N4O5S. The summed E-state index contributed by atoms with van der Waals surface area (Å²) in [6.45, 7) is 1.20. The molecule has 2 heterocycles. The SMILES string of the molecule is O=C(NCC1CCN(S(=O)(=O)c2cccnc2)CC1)c1ccc([N+](=O)[O-])cc1. The Hall–Kier alpha value is -2.85. The number of hydrogen-bond acceptors (Lipinski definition) is 6. The smallest absolute Gasteiger partial charge is 0.269 e. The van der Waals surface area contributed by atoms with Gasteiger partial charge in [0.15, 0.2) is 0 Å². The largest absolute Gasteiger partial charge is 0.352 e. The monoisotopic (exact) mass is 404 g/mol. The topological polar surface area (TPSA) is 123 Å². The molecule has 1 fully saturated rings. The van der Waals surface area contributed by atoms with Gasteiger partial charge in [-0.3, -0.25) is 19.9 Å². The maximum Gasteiger partial charge on any atom is 0.269 e. The molecule has 1 amide bonds. The molecule has 1 aromatic carbocycles. The number of hydrogen-bond donors (Lipinski definition) is 1. The molecule has 28 heavy (non-hydrogen) atoms. The Morgan fingerprint density at radius 1 is 1.21 bits per heavy atom. The lowest BCUT2D eigenvalue weighted by atomic mass is 9.98. The lowest BCUT2D eigenvalue weighted by Gasteiger charge is -2.31. The van der Waals surface area contributed by atoms with Gasteiger partial charge in [-0.1, -0.05) is 0 Å². The number of rotatable bonds is 6. The summed E-state index contributed by atoms with van der Waals surface area (Å²) in [6.07, 6.45) is 4.14. The highest BCUT2D eigenvalue weighted by Crippen LogP contribution is 2.23. The van der Waals surface area contributed by atoms with Crippen LogP contribution in [0.4, 0.5) is 5.69 Å². The predicted octanol–water partition coefficient (Wildman–Crippen LogP) is 1.82. The first-order valence-corrected chi connectivity index (χ1v) is 10.2. The van der Waals surface area contributed by atoms with E-state index in [-0.39, 0.29) is 22.4 Å². The van der Waals surface area contributed by atoms with Gasteiger partial charge in [0.2, 0.25) is 10.0 Å². The third kappa shape index (κ3) is 4.52. The minimum atomic E-state index is -3.54. The Kier molecular flexibility index (Phi) is 6.00. The van der Waals surface area contributed by atoms with E-state index in [4.69, 9.17) is 0 Å². The van der Waals surface area contributed by atoms with Crippen LogP contribution in [0.5, 0.6) is 0 Å². The second-order valence-corrected chi connectivity index (χ2v) is 8.49. The summed E-state index contributed by atoms with van der Waals surface area (Å²) in [5, 5.41) is 13.5. The van der Waals surface area contributed by atoms with Crippen LogP contribution in [0, 0.1) is 16.0 Å². The summed E-state index contributed by atoms with van der Waals surface area (Å²) < 4.78 is 26.6. The van der Waals surface area contributed by atoms with Crippen LogP contribution in [-0.4, -0.2) is 48.2 Å². The number of nitro groups is 1. The Morgan fingerprint density at radius 2 is 1.89 bits per heavy atom. The number of piperidine rings is 1. The molecule has 3 rings (SSSR count). The van der Waals surface area contributed by atoms with Crippen LogP contribution in [0.1, 0.15) is 23.2 Å². The van der Waals surface area contributed by atoms with Crippen LogP contribution in [0.25, 0.3) is 0 Å². The molecule has 1 aliphatic heterocycles. The van der Waals surface area contributed by atoms with Crippen LogP contribution in [0.15, 0.2) is 53.7 Å². The molecule has 1 saturated heterocycles. The van der Waals surface area contributed by atoms with Crippen molar-refractivity contribution in [2.24, 2.45) is 5.92 Å². The minimum absolute atomic E-state index is 0.0706. The van der Waals surface area contributed by atoms with Gasteiger partial charge in [-0.25, -0.2) is 8.42 Å².